The van der Waals surface area contributed by atoms with Gasteiger partial charge in [-0.1, -0.05) is 23.2 Å². The summed E-state index contributed by atoms with van der Waals surface area (Å²) in [7, 11) is 1.57. The minimum absolute atomic E-state index is 0.298. The topological polar surface area (TPSA) is 47.0 Å². The second kappa shape index (κ2) is 6.52. The van der Waals surface area contributed by atoms with Crippen LogP contribution in [-0.4, -0.2) is 17.1 Å². The number of hydrogen-bond acceptors (Lipinski definition) is 4. The fourth-order valence-electron chi connectivity index (χ4n) is 1.45. The molecule has 0 unspecified atom stereocenters. The second-order valence-electron chi connectivity index (χ2n) is 3.67. The van der Waals surface area contributed by atoms with Gasteiger partial charge in [0.2, 0.25) is 0 Å². The van der Waals surface area contributed by atoms with Gasteiger partial charge in [0.1, 0.15) is 17.6 Å². The Morgan fingerprint density at radius 2 is 2.05 bits per heavy atom. The fraction of sp³-hybridized carbons (Fsp3) is 0.167. The van der Waals surface area contributed by atoms with Crippen LogP contribution in [0.15, 0.2) is 28.7 Å². The summed E-state index contributed by atoms with van der Waals surface area (Å²) < 4.78 is 5.86. The van der Waals surface area contributed by atoms with Gasteiger partial charge < -0.3 is 10.1 Å². The monoisotopic (exact) mass is 361 g/mol. The molecular formula is C12H10BrCl2N3O. The largest absolute Gasteiger partial charge is 0.377 e. The van der Waals surface area contributed by atoms with Crippen LogP contribution in [0.4, 0.5) is 11.5 Å². The van der Waals surface area contributed by atoms with E-state index in [0.717, 1.165) is 10.2 Å². The third-order valence-corrected chi connectivity index (χ3v) is 3.33. The van der Waals surface area contributed by atoms with Crippen LogP contribution >= 0.6 is 39.1 Å². The molecule has 0 bridgehead atoms. The lowest BCUT2D eigenvalue weighted by molar-refractivity contribution is 0.178. The van der Waals surface area contributed by atoms with Crippen LogP contribution in [0, 0.1) is 0 Å². The van der Waals surface area contributed by atoms with Crippen molar-refractivity contribution in [1.29, 1.82) is 0 Å². The number of rotatable bonds is 4. The summed E-state index contributed by atoms with van der Waals surface area (Å²) in [6, 6.07) is 7.06. The molecule has 1 aromatic carbocycles. The van der Waals surface area contributed by atoms with Gasteiger partial charge in [-0.15, -0.1) is 0 Å². The van der Waals surface area contributed by atoms with Crippen molar-refractivity contribution < 1.29 is 4.74 Å². The van der Waals surface area contributed by atoms with Crippen molar-refractivity contribution in [3.8, 4) is 0 Å². The number of nitrogens with zero attached hydrogens (tertiary/aromatic N) is 2. The van der Waals surface area contributed by atoms with Crippen molar-refractivity contribution in [3.63, 3.8) is 0 Å². The normalized spacial score (nSPS) is 10.5. The molecule has 0 aliphatic heterocycles. The molecule has 4 nitrogen and oxygen atoms in total. The third-order valence-electron chi connectivity index (χ3n) is 2.21. The number of halogens is 3. The molecular weight excluding hydrogens is 353 g/mol. The lowest BCUT2D eigenvalue weighted by Gasteiger charge is -2.09. The highest BCUT2D eigenvalue weighted by Gasteiger charge is 2.06. The van der Waals surface area contributed by atoms with E-state index in [0.29, 0.717) is 28.4 Å². The number of ether oxygens (including phenoxy) is 1. The number of hydrogen-bond donors (Lipinski definition) is 1. The minimum atomic E-state index is 0.298. The van der Waals surface area contributed by atoms with E-state index in [2.05, 4.69) is 31.2 Å². The lowest BCUT2D eigenvalue weighted by atomic mass is 10.3. The molecule has 0 saturated heterocycles. The quantitative estimate of drug-likeness (QED) is 0.817. The molecule has 0 saturated carbocycles. The van der Waals surface area contributed by atoms with E-state index >= 15 is 0 Å². The summed E-state index contributed by atoms with van der Waals surface area (Å²) in [5.41, 5.74) is 0.797. The molecule has 7 heteroatoms. The summed E-state index contributed by atoms with van der Waals surface area (Å²) in [4.78, 5) is 8.35. The Bertz CT molecular complexity index is 595. The molecule has 2 aromatic rings. The van der Waals surface area contributed by atoms with E-state index in [9.17, 15) is 0 Å². The molecule has 19 heavy (non-hydrogen) atoms. The summed E-state index contributed by atoms with van der Waals surface area (Å²) in [5.74, 6) is 1.09. The van der Waals surface area contributed by atoms with E-state index in [-0.39, 0.29) is 0 Å². The molecule has 0 radical (unpaired) electrons. The van der Waals surface area contributed by atoms with Gasteiger partial charge >= 0.3 is 0 Å². The molecule has 0 amide bonds. The standard InChI is InChI=1S/C12H10BrCl2N3O/c1-19-6-12-17-10(15)5-11(18-12)16-9-4-7(14)2-3-8(9)13/h2-5H,6H2,1H3,(H,16,17,18). The van der Waals surface area contributed by atoms with Crippen molar-refractivity contribution in [1.82, 2.24) is 9.97 Å². The minimum Gasteiger partial charge on any atom is -0.377 e. The molecule has 0 aliphatic carbocycles. The Labute approximate surface area is 129 Å². The third kappa shape index (κ3) is 4.04. The summed E-state index contributed by atoms with van der Waals surface area (Å²) in [6.45, 7) is 0.298. The van der Waals surface area contributed by atoms with Gasteiger partial charge in [0.25, 0.3) is 0 Å². The number of aromatic nitrogens is 2. The average Bonchev–Trinajstić information content (AvgIpc) is 2.33. The van der Waals surface area contributed by atoms with Gasteiger partial charge in [-0.25, -0.2) is 9.97 Å². The van der Waals surface area contributed by atoms with E-state index in [4.69, 9.17) is 27.9 Å². The number of anilines is 2. The van der Waals surface area contributed by atoms with E-state index < -0.39 is 0 Å². The van der Waals surface area contributed by atoms with Crippen LogP contribution in [0.5, 0.6) is 0 Å². The van der Waals surface area contributed by atoms with E-state index in [1.165, 1.54) is 0 Å². The smallest absolute Gasteiger partial charge is 0.158 e. The maximum Gasteiger partial charge on any atom is 0.158 e. The zero-order chi connectivity index (χ0) is 13.8. The SMILES string of the molecule is COCc1nc(Cl)cc(Nc2cc(Cl)ccc2Br)n1. The fourth-order valence-corrected chi connectivity index (χ4v) is 2.17. The lowest BCUT2D eigenvalue weighted by Crippen LogP contribution is -2.02. The van der Waals surface area contributed by atoms with Crippen molar-refractivity contribution in [2.75, 3.05) is 12.4 Å². The molecule has 100 valence electrons. The van der Waals surface area contributed by atoms with Crippen LogP contribution in [0.25, 0.3) is 0 Å². The first-order valence-electron chi connectivity index (χ1n) is 5.33. The van der Waals surface area contributed by atoms with Gasteiger partial charge in [0.15, 0.2) is 5.82 Å². The Hall–Kier alpha value is -0.880. The Balaban J connectivity index is 2.29. The van der Waals surface area contributed by atoms with Crippen LogP contribution in [0.1, 0.15) is 5.82 Å². The van der Waals surface area contributed by atoms with Gasteiger partial charge in [0, 0.05) is 22.7 Å². The Morgan fingerprint density at radius 1 is 1.26 bits per heavy atom. The molecule has 2 rings (SSSR count). The second-order valence-corrected chi connectivity index (χ2v) is 5.35. The average molecular weight is 363 g/mol. The Kier molecular flexibility index (Phi) is 4.99. The molecule has 1 heterocycles. The zero-order valence-corrected chi connectivity index (χ0v) is 13.1. The predicted molar refractivity (Wildman–Crippen MR) is 80.2 cm³/mol. The maximum absolute atomic E-state index is 5.96. The van der Waals surface area contributed by atoms with Crippen LogP contribution in [0.2, 0.25) is 10.2 Å². The Morgan fingerprint density at radius 3 is 2.79 bits per heavy atom. The van der Waals surface area contributed by atoms with E-state index in [1.54, 1.807) is 25.3 Å². The van der Waals surface area contributed by atoms with Crippen LogP contribution in [0.3, 0.4) is 0 Å². The van der Waals surface area contributed by atoms with Crippen molar-refractivity contribution in [2.45, 2.75) is 6.61 Å². The van der Waals surface area contributed by atoms with Crippen molar-refractivity contribution in [3.05, 3.63) is 44.7 Å². The zero-order valence-electron chi connectivity index (χ0n) is 9.95. The highest BCUT2D eigenvalue weighted by atomic mass is 79.9. The highest BCUT2D eigenvalue weighted by molar-refractivity contribution is 9.10. The van der Waals surface area contributed by atoms with Gasteiger partial charge in [0.05, 0.1) is 5.69 Å². The molecule has 0 spiro atoms. The molecule has 1 N–H and O–H groups in total. The van der Waals surface area contributed by atoms with Gasteiger partial charge in [-0.3, -0.25) is 0 Å². The summed E-state index contributed by atoms with van der Waals surface area (Å²) >= 11 is 15.3. The highest BCUT2D eigenvalue weighted by Crippen LogP contribution is 2.28. The number of benzene rings is 1. The van der Waals surface area contributed by atoms with Gasteiger partial charge in [-0.05, 0) is 34.1 Å². The van der Waals surface area contributed by atoms with Crippen molar-refractivity contribution >= 4 is 50.6 Å². The summed E-state index contributed by atoms with van der Waals surface area (Å²) in [5, 5.41) is 4.11. The maximum atomic E-state index is 5.96. The first kappa shape index (κ1) is 14.5. The number of nitrogens with one attached hydrogen (secondary N) is 1. The van der Waals surface area contributed by atoms with Crippen LogP contribution in [-0.2, 0) is 11.3 Å². The molecule has 1 aromatic heterocycles. The van der Waals surface area contributed by atoms with Gasteiger partial charge in [-0.2, -0.15) is 0 Å². The van der Waals surface area contributed by atoms with Crippen molar-refractivity contribution in [2.24, 2.45) is 0 Å². The molecule has 0 aliphatic rings. The number of methoxy groups -OCH3 is 1. The molecule has 0 atom stereocenters. The first-order valence-corrected chi connectivity index (χ1v) is 6.88. The van der Waals surface area contributed by atoms with Crippen LogP contribution < -0.4 is 5.32 Å². The summed E-state index contributed by atoms with van der Waals surface area (Å²) in [6.07, 6.45) is 0. The van der Waals surface area contributed by atoms with E-state index in [1.807, 2.05) is 6.07 Å². The molecule has 0 fully saturated rings. The predicted octanol–water partition coefficient (Wildman–Crippen LogP) is 4.44. The first-order chi connectivity index (χ1) is 9.08.